The van der Waals surface area contributed by atoms with Gasteiger partial charge in [0.2, 0.25) is 5.91 Å². The van der Waals surface area contributed by atoms with Gasteiger partial charge in [-0.2, -0.15) is 4.31 Å². The summed E-state index contributed by atoms with van der Waals surface area (Å²) in [5, 5.41) is 15.2. The molecule has 0 fully saturated rings. The number of nitrogens with zero attached hydrogens (tertiary/aromatic N) is 4. The first-order chi connectivity index (χ1) is 17.8. The van der Waals surface area contributed by atoms with E-state index in [0.29, 0.717) is 17.0 Å². The molecular formula is C25H38N6O6S. The molecule has 1 aliphatic heterocycles. The number of nitrogens with one attached hydrogen (secondary N) is 2. The second-order valence-corrected chi connectivity index (χ2v) is 12.1. The maximum Gasteiger partial charge on any atom is 0.319 e. The number of aryl methyl sites for hydroxylation is 1. The van der Waals surface area contributed by atoms with E-state index in [1.165, 1.54) is 23.9 Å². The van der Waals surface area contributed by atoms with Crippen LogP contribution < -0.4 is 15.4 Å². The van der Waals surface area contributed by atoms with Crippen LogP contribution in [-0.2, 0) is 28.3 Å². The Morgan fingerprint density at radius 3 is 2.63 bits per heavy atom. The molecule has 0 saturated carbocycles. The fourth-order valence-electron chi connectivity index (χ4n) is 4.19. The zero-order chi connectivity index (χ0) is 28.2. The highest BCUT2D eigenvalue weighted by molar-refractivity contribution is 7.89. The third-order valence-electron chi connectivity index (χ3n) is 6.39. The summed E-state index contributed by atoms with van der Waals surface area (Å²) in [5.41, 5.74) is 1.03. The minimum atomic E-state index is -3.88. The van der Waals surface area contributed by atoms with Crippen LogP contribution in [0.4, 0.5) is 10.5 Å². The van der Waals surface area contributed by atoms with Crippen LogP contribution in [0.3, 0.4) is 0 Å². The number of aliphatic hydroxyl groups is 1. The van der Waals surface area contributed by atoms with Gasteiger partial charge in [-0.15, -0.1) is 0 Å². The molecule has 0 unspecified atom stereocenters. The molecule has 210 valence electrons. The number of carbonyl (C=O) groups is 2. The Balaban J connectivity index is 1.95. The Hall–Kier alpha value is -3.16. The predicted molar refractivity (Wildman–Crippen MR) is 142 cm³/mol. The smallest absolute Gasteiger partial charge is 0.319 e. The van der Waals surface area contributed by atoms with Crippen molar-refractivity contribution in [3.05, 3.63) is 36.3 Å². The molecule has 38 heavy (non-hydrogen) atoms. The van der Waals surface area contributed by atoms with Gasteiger partial charge < -0.3 is 29.9 Å². The second-order valence-electron chi connectivity index (χ2n) is 10.1. The number of imidazole rings is 1. The molecule has 12 nitrogen and oxygen atoms in total. The highest BCUT2D eigenvalue weighted by atomic mass is 32.2. The first-order valence-corrected chi connectivity index (χ1v) is 14.0. The average Bonchev–Trinajstić information content (AvgIpc) is 3.29. The number of likely N-dealkylation sites (N-methyl/N-ethyl adjacent to an activating group) is 1. The highest BCUT2D eigenvalue weighted by Crippen LogP contribution is 2.29. The zero-order valence-electron chi connectivity index (χ0n) is 22.7. The molecule has 13 heteroatoms. The number of benzene rings is 1. The number of fused-ring (bicyclic) bond motifs is 1. The summed E-state index contributed by atoms with van der Waals surface area (Å²) in [6, 6.07) is 4.15. The van der Waals surface area contributed by atoms with Gasteiger partial charge in [-0.25, -0.2) is 18.2 Å². The van der Waals surface area contributed by atoms with Crippen LogP contribution in [0.1, 0.15) is 33.3 Å². The lowest BCUT2D eigenvalue weighted by atomic mass is 10.0. The van der Waals surface area contributed by atoms with Crippen molar-refractivity contribution in [1.82, 2.24) is 24.1 Å². The predicted octanol–water partition coefficient (Wildman–Crippen LogP) is 1.42. The molecule has 1 aromatic carbocycles. The SMILES string of the molecule is CC(C)NC(=O)Nc1ccc2c(c1)CC(=O)N([C@H](C)CO)C[C@H](C)[C@@H](CN(C)S(=O)(=O)c1cn(C)cn1)O2. The minimum absolute atomic E-state index is 0.00580. The molecule has 1 aliphatic rings. The van der Waals surface area contributed by atoms with Gasteiger partial charge in [0, 0.05) is 50.0 Å². The first kappa shape index (κ1) is 29.4. The molecule has 3 amide bonds. The van der Waals surface area contributed by atoms with Gasteiger partial charge in [0.15, 0.2) is 5.03 Å². The number of ether oxygens (including phenoxy) is 1. The summed E-state index contributed by atoms with van der Waals surface area (Å²) in [5.74, 6) is -0.0656. The number of sulfonamides is 1. The van der Waals surface area contributed by atoms with Crippen molar-refractivity contribution in [3.63, 3.8) is 0 Å². The van der Waals surface area contributed by atoms with Gasteiger partial charge in [-0.1, -0.05) is 6.92 Å². The summed E-state index contributed by atoms with van der Waals surface area (Å²) in [7, 11) is -0.722. The monoisotopic (exact) mass is 550 g/mol. The van der Waals surface area contributed by atoms with Gasteiger partial charge in [0.25, 0.3) is 10.0 Å². The third-order valence-corrected chi connectivity index (χ3v) is 8.10. The number of hydrogen-bond donors (Lipinski definition) is 3. The van der Waals surface area contributed by atoms with Crippen LogP contribution in [0.5, 0.6) is 5.75 Å². The average molecular weight is 551 g/mol. The lowest BCUT2D eigenvalue weighted by Gasteiger charge is -2.33. The number of rotatable bonds is 8. The summed E-state index contributed by atoms with van der Waals surface area (Å²) in [6.07, 6.45) is 2.22. The molecule has 1 aromatic heterocycles. The van der Waals surface area contributed by atoms with E-state index >= 15 is 0 Å². The van der Waals surface area contributed by atoms with Gasteiger partial charge in [-0.05, 0) is 39.0 Å². The maximum atomic E-state index is 13.3. The van der Waals surface area contributed by atoms with Crippen LogP contribution in [0.2, 0.25) is 0 Å². The topological polar surface area (TPSA) is 146 Å². The van der Waals surface area contributed by atoms with Gasteiger partial charge in [0.05, 0.1) is 31.9 Å². The van der Waals surface area contributed by atoms with E-state index in [2.05, 4.69) is 15.6 Å². The zero-order valence-corrected chi connectivity index (χ0v) is 23.5. The molecule has 0 bridgehead atoms. The second kappa shape index (κ2) is 12.1. The molecule has 3 rings (SSSR count). The third kappa shape index (κ3) is 7.03. The van der Waals surface area contributed by atoms with E-state index < -0.39 is 22.2 Å². The molecule has 0 aliphatic carbocycles. The molecule has 0 radical (unpaired) electrons. The standard InChI is InChI=1S/C25H38N6O6S/c1-16(2)27-25(34)28-20-7-8-21-19(9-20)10-24(33)31(18(4)14-32)11-17(3)22(37-21)12-30(6)38(35,36)23-13-29(5)15-26-23/h7-9,13,15-18,22,32H,10-12,14H2,1-6H3,(H2,27,28,34)/t17-,18+,22+/m0/s1. The minimum Gasteiger partial charge on any atom is -0.488 e. The molecule has 0 saturated heterocycles. The summed E-state index contributed by atoms with van der Waals surface area (Å²) in [6.45, 7) is 7.38. The van der Waals surface area contributed by atoms with Crippen molar-refractivity contribution in [2.45, 2.75) is 57.3 Å². The maximum absolute atomic E-state index is 13.3. The number of anilines is 1. The molecule has 3 N–H and O–H groups in total. The Morgan fingerprint density at radius 1 is 1.32 bits per heavy atom. The number of aliphatic hydroxyl groups excluding tert-OH is 1. The van der Waals surface area contributed by atoms with Gasteiger partial charge >= 0.3 is 6.03 Å². The van der Waals surface area contributed by atoms with Gasteiger partial charge in [-0.3, -0.25) is 4.79 Å². The van der Waals surface area contributed by atoms with E-state index in [0.717, 1.165) is 0 Å². The summed E-state index contributed by atoms with van der Waals surface area (Å²) < 4.78 is 35.4. The quantitative estimate of drug-likeness (QED) is 0.451. The van der Waals surface area contributed by atoms with Crippen LogP contribution >= 0.6 is 0 Å². The molecular weight excluding hydrogens is 512 g/mol. The number of hydrogen-bond acceptors (Lipinski definition) is 7. The Kier molecular flexibility index (Phi) is 9.39. The van der Waals surface area contributed by atoms with E-state index in [-0.39, 0.29) is 55.0 Å². The summed E-state index contributed by atoms with van der Waals surface area (Å²) in [4.78, 5) is 31.1. The number of carbonyl (C=O) groups excluding carboxylic acids is 2. The molecule has 0 spiro atoms. The van der Waals surface area contributed by atoms with Crippen LogP contribution in [0.15, 0.2) is 35.7 Å². The van der Waals surface area contributed by atoms with E-state index in [1.54, 1.807) is 41.6 Å². The highest BCUT2D eigenvalue weighted by Gasteiger charge is 2.34. The Morgan fingerprint density at radius 2 is 2.03 bits per heavy atom. The van der Waals surface area contributed by atoms with Crippen molar-refractivity contribution in [2.24, 2.45) is 13.0 Å². The van der Waals surface area contributed by atoms with Crippen molar-refractivity contribution in [1.29, 1.82) is 0 Å². The number of aromatic nitrogens is 2. The van der Waals surface area contributed by atoms with E-state index in [4.69, 9.17) is 4.74 Å². The van der Waals surface area contributed by atoms with Crippen LogP contribution in [0, 0.1) is 5.92 Å². The number of urea groups is 1. The van der Waals surface area contributed by atoms with E-state index in [9.17, 15) is 23.1 Å². The lowest BCUT2D eigenvalue weighted by molar-refractivity contribution is -0.134. The summed E-state index contributed by atoms with van der Waals surface area (Å²) >= 11 is 0. The lowest BCUT2D eigenvalue weighted by Crippen LogP contribution is -2.48. The van der Waals surface area contributed by atoms with Crippen molar-refractivity contribution in [3.8, 4) is 5.75 Å². The van der Waals surface area contributed by atoms with Crippen LogP contribution in [0.25, 0.3) is 0 Å². The fourth-order valence-corrected chi connectivity index (χ4v) is 5.33. The van der Waals surface area contributed by atoms with Crippen molar-refractivity contribution in [2.75, 3.05) is 32.1 Å². The van der Waals surface area contributed by atoms with Gasteiger partial charge in [0.1, 0.15) is 11.9 Å². The van der Waals surface area contributed by atoms with Crippen molar-refractivity contribution < 1.29 is 27.9 Å². The van der Waals surface area contributed by atoms with Crippen molar-refractivity contribution >= 4 is 27.6 Å². The normalized spacial score (nSPS) is 19.3. The molecule has 2 heterocycles. The molecule has 3 atom stereocenters. The largest absolute Gasteiger partial charge is 0.488 e. The Labute approximate surface area is 224 Å². The number of amides is 3. The van der Waals surface area contributed by atoms with Crippen LogP contribution in [-0.4, -0.2) is 89.2 Å². The Bertz CT molecular complexity index is 1250. The fraction of sp³-hybridized carbons (Fsp3) is 0.560. The van der Waals surface area contributed by atoms with E-state index in [1.807, 2.05) is 20.8 Å². The first-order valence-electron chi connectivity index (χ1n) is 12.5. The molecule has 2 aromatic rings.